The fraction of sp³-hybridized carbons (Fsp3) is 0.308. The van der Waals surface area contributed by atoms with Gasteiger partial charge in [-0.1, -0.05) is 402 Å². The molecule has 18 aromatic rings. The van der Waals surface area contributed by atoms with Gasteiger partial charge in [0.2, 0.25) is 0 Å². The minimum Gasteiger partial charge on any atom is -0.310 e. The summed E-state index contributed by atoms with van der Waals surface area (Å²) in [6, 6.07) is 90.7. The molecule has 5 nitrogen and oxygen atoms in total. The Kier molecular flexibility index (Phi) is 18.9. The normalized spacial score (nSPS) is 14.6. The molecule has 0 bridgehead atoms. The van der Waals surface area contributed by atoms with Gasteiger partial charge in [-0.05, 0) is 245 Å². The standard InChI is InChI=1S/C130H138BN5/c1-121(2,3)82-49-45-79(46-50-82)94-39-35-41-96(81-67-89(128(22,23)24)69-90(68-81)129(25,26)27)119(94)135-114-75-91(132-108-43-33-31-37-98(108)99-38-32-34-44-109(99)132)58-61-106(114)131-107-62-59-92(133-110-63-54-84(123(7,8)9)70-101(110)102-71-85(124(10,11)12)55-64-111(102)133)76-115(107)136(117-78-93(77-116(135)118(117)131)134-112-65-56-86(125(13,14)15)72-103(112)104-73-87(126(16,17)18)57-66-113(104)134)120-95(80-47-51-83(52-48-80)122(4,5)6)40-36-42-100(120)97-60-53-88(127(19,20)21)74-105(97)130(28,29)30/h31-78H,1-30H3/i31D,32D,33D,34D,37D,38D,43D,44D. The molecular formula is C130H138BN5. The zero-order valence-corrected chi connectivity index (χ0v) is 85.9. The number of anilines is 6. The Morgan fingerprint density at radius 2 is 0.515 bits per heavy atom. The third-order valence-corrected chi connectivity index (χ3v) is 29.4. The molecule has 0 amide bonds. The molecule has 0 saturated heterocycles. The molecule has 0 fully saturated rings. The highest BCUT2D eigenvalue weighted by molar-refractivity contribution is 7.00. The summed E-state index contributed by atoms with van der Waals surface area (Å²) in [6.45, 7) is 68.6. The number of rotatable bonds is 9. The first-order valence-corrected chi connectivity index (χ1v) is 49.2. The summed E-state index contributed by atoms with van der Waals surface area (Å²) in [5, 5.41) is 4.60. The Bertz CT molecular complexity index is 8180. The molecule has 20 rings (SSSR count). The first kappa shape index (κ1) is 81.7. The maximum atomic E-state index is 10.3. The first-order valence-electron chi connectivity index (χ1n) is 53.2. The lowest BCUT2D eigenvalue weighted by Gasteiger charge is -2.46. The number of fused-ring (bicyclic) bond motifs is 13. The van der Waals surface area contributed by atoms with Crippen LogP contribution in [0.15, 0.2) is 291 Å². The van der Waals surface area contributed by atoms with Crippen LogP contribution in [0.25, 0.3) is 127 Å². The van der Waals surface area contributed by atoms with E-state index >= 15 is 0 Å². The Morgan fingerprint density at radius 1 is 0.213 bits per heavy atom. The highest BCUT2D eigenvalue weighted by atomic mass is 15.2. The minimum atomic E-state index is -0.627. The van der Waals surface area contributed by atoms with Crippen molar-refractivity contribution in [3.63, 3.8) is 0 Å². The molecule has 0 unspecified atom stereocenters. The van der Waals surface area contributed by atoms with Crippen molar-refractivity contribution in [2.75, 3.05) is 9.80 Å². The fourth-order valence-electron chi connectivity index (χ4n) is 21.3. The molecule has 136 heavy (non-hydrogen) atoms. The molecule has 5 heterocycles. The second-order valence-corrected chi connectivity index (χ2v) is 49.5. The lowest BCUT2D eigenvalue weighted by molar-refractivity contribution is 0.568. The summed E-state index contributed by atoms with van der Waals surface area (Å²) in [4.78, 5) is 5.25. The van der Waals surface area contributed by atoms with Crippen LogP contribution >= 0.6 is 0 Å². The molecule has 0 radical (unpaired) electrons. The van der Waals surface area contributed by atoms with Crippen LogP contribution in [0.2, 0.25) is 0 Å². The zero-order chi connectivity index (χ0) is 104. The van der Waals surface area contributed by atoms with Crippen molar-refractivity contribution in [2.45, 2.75) is 262 Å². The van der Waals surface area contributed by atoms with Crippen LogP contribution in [-0.4, -0.2) is 20.4 Å². The maximum Gasteiger partial charge on any atom is 0.252 e. The second kappa shape index (κ2) is 31.5. The number of aromatic nitrogens is 3. The lowest BCUT2D eigenvalue weighted by atomic mass is 9.33. The van der Waals surface area contributed by atoms with Gasteiger partial charge in [0.15, 0.2) is 0 Å². The summed E-state index contributed by atoms with van der Waals surface area (Å²) in [6.07, 6.45) is 0. The number of hydrogen-bond donors (Lipinski definition) is 0. The summed E-state index contributed by atoms with van der Waals surface area (Å²) >= 11 is 0. The van der Waals surface area contributed by atoms with Crippen LogP contribution in [0.5, 0.6) is 0 Å². The first-order chi connectivity index (χ1) is 67.1. The van der Waals surface area contributed by atoms with Crippen LogP contribution in [0.4, 0.5) is 34.1 Å². The van der Waals surface area contributed by atoms with Crippen LogP contribution in [0.1, 0.15) is 274 Å². The third-order valence-electron chi connectivity index (χ3n) is 29.4. The number of benzene rings is 15. The molecule has 6 heteroatoms. The van der Waals surface area contributed by atoms with E-state index in [0.717, 1.165) is 139 Å². The van der Waals surface area contributed by atoms with Crippen LogP contribution < -0.4 is 26.2 Å². The molecule has 0 atom stereocenters. The summed E-state index contributed by atoms with van der Waals surface area (Å²) in [7, 11) is 0. The van der Waals surface area contributed by atoms with Crippen LogP contribution in [-0.2, 0) is 54.1 Å². The third kappa shape index (κ3) is 15.5. The van der Waals surface area contributed by atoms with E-state index in [0.29, 0.717) is 5.69 Å². The van der Waals surface area contributed by atoms with E-state index in [1.807, 2.05) is 6.07 Å². The van der Waals surface area contributed by atoms with Crippen molar-refractivity contribution in [1.82, 2.24) is 13.7 Å². The van der Waals surface area contributed by atoms with E-state index in [4.69, 9.17) is 0 Å². The molecule has 0 aliphatic carbocycles. The van der Waals surface area contributed by atoms with Gasteiger partial charge in [0.1, 0.15) is 0 Å². The topological polar surface area (TPSA) is 21.3 Å². The minimum absolute atomic E-state index is 0.00143. The predicted octanol–water partition coefficient (Wildman–Crippen LogP) is 34.7. The number of para-hydroxylation sites is 4. The highest BCUT2D eigenvalue weighted by Gasteiger charge is 2.47. The monoisotopic (exact) mass is 1790 g/mol. The predicted molar refractivity (Wildman–Crippen MR) is 592 cm³/mol. The van der Waals surface area contributed by atoms with Gasteiger partial charge in [0, 0.05) is 88.7 Å². The van der Waals surface area contributed by atoms with Crippen LogP contribution in [0.3, 0.4) is 0 Å². The smallest absolute Gasteiger partial charge is 0.252 e. The SMILES string of the molecule is [2H]c1c([2H])c([2H])c2c(c1[2H])c1c([2H])c([2H])c([2H])c([2H])c1n2-c1ccc2c(c1)N(c1c(-c3ccc(C(C)(C)C)cc3)cccc1-c1cc(C(C)(C)C)cc(C(C)(C)C)c1)c1cc(-n3c4ccc(C(C)(C)C)cc4c4cc(C(C)(C)C)ccc43)cc3c1B2c1ccc(-n2c4ccc(C(C)(C)C)cc4c4cc(C(C)(C)C)ccc42)cc1N3c1c(-c2ccc(C(C)(C)C)cc2)cccc1-c1ccc(C(C)(C)C)cc1C(C)(C)C. The van der Waals surface area contributed by atoms with Crippen LogP contribution in [0, 0.1) is 0 Å². The molecule has 2 aliphatic rings. The van der Waals surface area contributed by atoms with Crippen molar-refractivity contribution < 1.29 is 11.0 Å². The molecule has 686 valence electrons. The Morgan fingerprint density at radius 3 is 0.875 bits per heavy atom. The molecule has 3 aromatic heterocycles. The molecule has 2 aliphatic heterocycles. The van der Waals surface area contributed by atoms with Gasteiger partial charge >= 0.3 is 0 Å². The van der Waals surface area contributed by atoms with Gasteiger partial charge in [-0.15, -0.1) is 0 Å². The van der Waals surface area contributed by atoms with Crippen molar-refractivity contribution >= 4 is 123 Å². The molecular weight excluding hydrogens is 1640 g/mol. The fourth-order valence-corrected chi connectivity index (χ4v) is 21.3. The van der Waals surface area contributed by atoms with E-state index in [2.05, 4.69) is 463 Å². The van der Waals surface area contributed by atoms with Gasteiger partial charge in [-0.2, -0.15) is 0 Å². The highest BCUT2D eigenvalue weighted by Crippen LogP contribution is 2.57. The van der Waals surface area contributed by atoms with Crippen molar-refractivity contribution in [2.24, 2.45) is 0 Å². The number of nitrogens with zero attached hydrogens (tertiary/aromatic N) is 5. The van der Waals surface area contributed by atoms with Crippen molar-refractivity contribution in [3.05, 3.63) is 347 Å². The largest absolute Gasteiger partial charge is 0.310 e. The Balaban J connectivity index is 1.06. The Labute approximate surface area is 822 Å². The molecule has 15 aromatic carbocycles. The second-order valence-electron chi connectivity index (χ2n) is 49.5. The van der Waals surface area contributed by atoms with Crippen molar-refractivity contribution in [1.29, 1.82) is 0 Å². The van der Waals surface area contributed by atoms with Crippen molar-refractivity contribution in [3.8, 4) is 61.6 Å². The van der Waals surface area contributed by atoms with Gasteiger partial charge in [-0.25, -0.2) is 0 Å². The lowest BCUT2D eigenvalue weighted by Crippen LogP contribution is -2.61. The average molecular weight is 1790 g/mol. The van der Waals surface area contributed by atoms with Gasteiger partial charge in [0.25, 0.3) is 6.71 Å². The van der Waals surface area contributed by atoms with Gasteiger partial charge in [0.05, 0.1) is 61.1 Å². The van der Waals surface area contributed by atoms with E-state index < -0.39 is 43.0 Å². The van der Waals surface area contributed by atoms with E-state index in [9.17, 15) is 11.0 Å². The van der Waals surface area contributed by atoms with E-state index in [-0.39, 0.29) is 88.0 Å². The summed E-state index contributed by atoms with van der Waals surface area (Å²) < 4.78 is 85.3. The maximum absolute atomic E-state index is 10.3. The quantitative estimate of drug-likeness (QED) is 0.134. The molecule has 0 spiro atoms. The summed E-state index contributed by atoms with van der Waals surface area (Å²) in [5.41, 5.74) is 32.7. The summed E-state index contributed by atoms with van der Waals surface area (Å²) in [5.74, 6) is 0. The molecule has 0 N–H and O–H groups in total. The molecule has 0 saturated carbocycles. The van der Waals surface area contributed by atoms with E-state index in [1.165, 1.54) is 66.4 Å². The van der Waals surface area contributed by atoms with E-state index in [1.54, 1.807) is 4.57 Å². The number of hydrogen-bond acceptors (Lipinski definition) is 2. The van der Waals surface area contributed by atoms with Gasteiger partial charge < -0.3 is 23.5 Å². The Hall–Kier alpha value is -12.6. The zero-order valence-electron chi connectivity index (χ0n) is 93.9. The van der Waals surface area contributed by atoms with Gasteiger partial charge in [-0.3, -0.25) is 0 Å². The average Bonchev–Trinajstić information content (AvgIpc) is 0.903.